The van der Waals surface area contributed by atoms with Crippen molar-refractivity contribution in [2.75, 3.05) is 11.5 Å². The summed E-state index contributed by atoms with van der Waals surface area (Å²) in [5, 5.41) is 0.188. The largest absolute Gasteiger partial charge is 0.229 e. The van der Waals surface area contributed by atoms with Crippen LogP contribution in [0.4, 0.5) is 0 Å². The van der Waals surface area contributed by atoms with E-state index >= 15 is 0 Å². The summed E-state index contributed by atoms with van der Waals surface area (Å²) >= 11 is 6.26. The minimum absolute atomic E-state index is 0.188. The first-order valence-electron chi connectivity index (χ1n) is 6.29. The van der Waals surface area contributed by atoms with Gasteiger partial charge in [-0.15, -0.1) is 11.6 Å². The average Bonchev–Trinajstić information content (AvgIpc) is 2.19. The molecule has 0 spiro atoms. The van der Waals surface area contributed by atoms with Crippen LogP contribution >= 0.6 is 11.6 Å². The fourth-order valence-corrected chi connectivity index (χ4v) is 4.35. The summed E-state index contributed by atoms with van der Waals surface area (Å²) in [6, 6.07) is 0. The maximum atomic E-state index is 11.6. The Bertz CT molecular complexity index is 300. The van der Waals surface area contributed by atoms with E-state index in [2.05, 4.69) is 6.92 Å². The highest BCUT2D eigenvalue weighted by molar-refractivity contribution is 7.91. The van der Waals surface area contributed by atoms with Gasteiger partial charge in [-0.3, -0.25) is 0 Å². The standard InChI is InChI=1S/C12H23ClO2S/c1-3-7-16(14,15)8-6-11-9-10(2)4-5-12(11)13/h10-12H,3-9H2,1-2H3. The molecule has 0 aromatic heterocycles. The molecule has 0 saturated heterocycles. The summed E-state index contributed by atoms with van der Waals surface area (Å²) < 4.78 is 23.2. The van der Waals surface area contributed by atoms with Gasteiger partial charge in [0, 0.05) is 11.1 Å². The molecule has 0 bridgehead atoms. The average molecular weight is 267 g/mol. The highest BCUT2D eigenvalue weighted by Gasteiger charge is 2.28. The fraction of sp³-hybridized carbons (Fsp3) is 1.00. The van der Waals surface area contributed by atoms with Crippen LogP contribution in [-0.4, -0.2) is 25.3 Å². The van der Waals surface area contributed by atoms with Gasteiger partial charge in [-0.2, -0.15) is 0 Å². The second-order valence-corrected chi connectivity index (χ2v) is 8.00. The first-order valence-corrected chi connectivity index (χ1v) is 8.55. The lowest BCUT2D eigenvalue weighted by atomic mass is 9.81. The number of hydrogen-bond acceptors (Lipinski definition) is 2. The van der Waals surface area contributed by atoms with Crippen LogP contribution in [0.15, 0.2) is 0 Å². The first kappa shape index (κ1) is 14.3. The van der Waals surface area contributed by atoms with Crippen LogP contribution in [0.25, 0.3) is 0 Å². The van der Waals surface area contributed by atoms with Gasteiger partial charge in [-0.25, -0.2) is 8.42 Å². The van der Waals surface area contributed by atoms with Gasteiger partial charge in [0.1, 0.15) is 9.84 Å². The molecule has 3 atom stereocenters. The Labute approximate surface area is 105 Å². The summed E-state index contributed by atoms with van der Waals surface area (Å²) in [7, 11) is -2.83. The van der Waals surface area contributed by atoms with Gasteiger partial charge < -0.3 is 0 Å². The van der Waals surface area contributed by atoms with Gasteiger partial charge in [0.05, 0.1) is 5.75 Å². The molecule has 0 aromatic carbocycles. The van der Waals surface area contributed by atoms with Gasteiger partial charge in [-0.05, 0) is 43.9 Å². The second-order valence-electron chi connectivity index (χ2n) is 5.13. The van der Waals surface area contributed by atoms with E-state index in [-0.39, 0.29) is 5.38 Å². The molecule has 0 radical (unpaired) electrons. The number of sulfone groups is 1. The Balaban J connectivity index is 2.41. The van der Waals surface area contributed by atoms with Crippen molar-refractivity contribution in [1.29, 1.82) is 0 Å². The van der Waals surface area contributed by atoms with Crippen molar-refractivity contribution in [1.82, 2.24) is 0 Å². The zero-order chi connectivity index (χ0) is 12.2. The van der Waals surface area contributed by atoms with Crippen molar-refractivity contribution in [3.63, 3.8) is 0 Å². The molecule has 0 heterocycles. The normalized spacial score (nSPS) is 31.6. The van der Waals surface area contributed by atoms with E-state index in [0.717, 1.165) is 19.3 Å². The number of hydrogen-bond donors (Lipinski definition) is 0. The Morgan fingerprint density at radius 3 is 2.56 bits per heavy atom. The molecule has 2 nitrogen and oxygen atoms in total. The topological polar surface area (TPSA) is 34.1 Å². The molecular formula is C12H23ClO2S. The van der Waals surface area contributed by atoms with Crippen LogP contribution in [0.2, 0.25) is 0 Å². The van der Waals surface area contributed by atoms with Crippen LogP contribution < -0.4 is 0 Å². The lowest BCUT2D eigenvalue weighted by molar-refractivity contribution is 0.283. The minimum atomic E-state index is -2.83. The van der Waals surface area contributed by atoms with Crippen molar-refractivity contribution < 1.29 is 8.42 Å². The quantitative estimate of drug-likeness (QED) is 0.716. The van der Waals surface area contributed by atoms with Crippen molar-refractivity contribution in [2.45, 2.75) is 51.3 Å². The third kappa shape index (κ3) is 4.62. The van der Waals surface area contributed by atoms with E-state index in [1.807, 2.05) is 6.92 Å². The molecular weight excluding hydrogens is 244 g/mol. The van der Waals surface area contributed by atoms with Crippen molar-refractivity contribution in [3.8, 4) is 0 Å². The number of alkyl halides is 1. The van der Waals surface area contributed by atoms with E-state index in [9.17, 15) is 8.42 Å². The van der Waals surface area contributed by atoms with E-state index in [1.54, 1.807) is 0 Å². The molecule has 1 aliphatic rings. The van der Waals surface area contributed by atoms with E-state index in [0.29, 0.717) is 29.8 Å². The molecule has 4 heteroatoms. The van der Waals surface area contributed by atoms with Gasteiger partial charge in [0.25, 0.3) is 0 Å². The van der Waals surface area contributed by atoms with Gasteiger partial charge >= 0.3 is 0 Å². The monoisotopic (exact) mass is 266 g/mol. The molecule has 0 N–H and O–H groups in total. The predicted molar refractivity (Wildman–Crippen MR) is 69.7 cm³/mol. The molecule has 0 aromatic rings. The highest BCUT2D eigenvalue weighted by atomic mass is 35.5. The van der Waals surface area contributed by atoms with Crippen molar-refractivity contribution in [2.24, 2.45) is 11.8 Å². The smallest absolute Gasteiger partial charge is 0.150 e. The van der Waals surface area contributed by atoms with E-state index < -0.39 is 9.84 Å². The molecule has 16 heavy (non-hydrogen) atoms. The molecule has 96 valence electrons. The fourth-order valence-electron chi connectivity index (χ4n) is 2.50. The first-order chi connectivity index (χ1) is 7.44. The van der Waals surface area contributed by atoms with E-state index in [4.69, 9.17) is 11.6 Å². The third-order valence-electron chi connectivity index (χ3n) is 3.47. The Kier molecular flexibility index (Phi) is 5.58. The zero-order valence-electron chi connectivity index (χ0n) is 10.3. The second kappa shape index (κ2) is 6.25. The van der Waals surface area contributed by atoms with Crippen molar-refractivity contribution >= 4 is 21.4 Å². The summed E-state index contributed by atoms with van der Waals surface area (Å²) in [5.74, 6) is 1.75. The van der Waals surface area contributed by atoms with Gasteiger partial charge in [0.2, 0.25) is 0 Å². The highest BCUT2D eigenvalue weighted by Crippen LogP contribution is 2.34. The Hall–Kier alpha value is 0.240. The molecule has 1 aliphatic carbocycles. The van der Waals surface area contributed by atoms with Crippen LogP contribution in [-0.2, 0) is 9.84 Å². The van der Waals surface area contributed by atoms with Crippen LogP contribution in [0.5, 0.6) is 0 Å². The SMILES string of the molecule is CCCS(=O)(=O)CCC1CC(C)CCC1Cl. The van der Waals surface area contributed by atoms with Crippen molar-refractivity contribution in [3.05, 3.63) is 0 Å². The molecule has 0 amide bonds. The summed E-state index contributed by atoms with van der Waals surface area (Å²) in [5.41, 5.74) is 0. The lowest BCUT2D eigenvalue weighted by Gasteiger charge is -2.31. The minimum Gasteiger partial charge on any atom is -0.229 e. The molecule has 1 rings (SSSR count). The lowest BCUT2D eigenvalue weighted by Crippen LogP contribution is -2.26. The molecule has 3 unspecified atom stereocenters. The van der Waals surface area contributed by atoms with Crippen LogP contribution in [0.3, 0.4) is 0 Å². The Morgan fingerprint density at radius 1 is 1.25 bits per heavy atom. The molecule has 1 fully saturated rings. The molecule has 1 saturated carbocycles. The van der Waals surface area contributed by atoms with Crippen LogP contribution in [0, 0.1) is 11.8 Å². The molecule has 0 aliphatic heterocycles. The number of halogens is 1. The zero-order valence-corrected chi connectivity index (χ0v) is 11.9. The van der Waals surface area contributed by atoms with Gasteiger partial charge in [0.15, 0.2) is 0 Å². The van der Waals surface area contributed by atoms with Gasteiger partial charge in [-0.1, -0.05) is 13.8 Å². The Morgan fingerprint density at radius 2 is 1.94 bits per heavy atom. The number of rotatable bonds is 5. The van der Waals surface area contributed by atoms with Crippen LogP contribution in [0.1, 0.15) is 46.0 Å². The summed E-state index contributed by atoms with van der Waals surface area (Å²) in [6.45, 7) is 4.14. The third-order valence-corrected chi connectivity index (χ3v) is 5.93. The summed E-state index contributed by atoms with van der Waals surface area (Å²) in [6.07, 6.45) is 4.79. The van der Waals surface area contributed by atoms with E-state index in [1.165, 1.54) is 6.42 Å². The predicted octanol–water partition coefficient (Wildman–Crippen LogP) is 3.24. The maximum Gasteiger partial charge on any atom is 0.150 e. The summed E-state index contributed by atoms with van der Waals surface area (Å²) in [4.78, 5) is 0. The maximum absolute atomic E-state index is 11.6.